The van der Waals surface area contributed by atoms with Crippen molar-refractivity contribution in [3.05, 3.63) is 39.4 Å². The number of hydrogen-bond acceptors (Lipinski definition) is 4. The van der Waals surface area contributed by atoms with Crippen molar-refractivity contribution >= 4 is 34.5 Å². The second-order valence-electron chi connectivity index (χ2n) is 5.73. The fourth-order valence-corrected chi connectivity index (χ4v) is 3.43. The Hall–Kier alpha value is -2.07. The van der Waals surface area contributed by atoms with Crippen LogP contribution in [0.2, 0.25) is 5.02 Å². The minimum absolute atomic E-state index is 0.0765. The Balaban J connectivity index is 1.90. The molecule has 0 saturated heterocycles. The summed E-state index contributed by atoms with van der Waals surface area (Å²) >= 11 is 6.83. The topological polar surface area (TPSA) is 63.6 Å². The van der Waals surface area contributed by atoms with E-state index in [1.165, 1.54) is 18.2 Å². The van der Waals surface area contributed by atoms with E-state index in [9.17, 15) is 22.4 Å². The summed E-state index contributed by atoms with van der Waals surface area (Å²) in [5.41, 5.74) is 0.342. The first-order valence-corrected chi connectivity index (χ1v) is 9.14. The highest BCUT2D eigenvalue weighted by molar-refractivity contribution is 7.99. The Morgan fingerprint density at radius 1 is 1.30 bits per heavy atom. The fraction of sp³-hybridized carbons (Fsp3) is 0.312. The van der Waals surface area contributed by atoms with E-state index in [0.29, 0.717) is 11.4 Å². The number of rotatable bonds is 5. The molecular weight excluding hydrogens is 408 g/mol. The van der Waals surface area contributed by atoms with Gasteiger partial charge >= 0.3 is 6.18 Å². The first-order chi connectivity index (χ1) is 12.7. The van der Waals surface area contributed by atoms with Gasteiger partial charge in [0, 0.05) is 24.8 Å². The molecule has 0 amide bonds. The molecule has 144 valence electrons. The van der Waals surface area contributed by atoms with Gasteiger partial charge in [-0.15, -0.1) is 0 Å². The molecule has 0 radical (unpaired) electrons. The maximum atomic E-state index is 13.4. The van der Waals surface area contributed by atoms with Crippen molar-refractivity contribution in [1.29, 1.82) is 0 Å². The molecule has 1 aromatic carbocycles. The highest BCUT2D eigenvalue weighted by atomic mass is 35.5. The minimum Gasteiger partial charge on any atom is -0.312 e. The number of aromatic amines is 1. The number of hydrogen-bond donors (Lipinski definition) is 1. The molecule has 0 fully saturated rings. The Bertz CT molecular complexity index is 1050. The molecule has 0 aliphatic carbocycles. The number of fused-ring (bicyclic) bond motifs is 1. The summed E-state index contributed by atoms with van der Waals surface area (Å²) < 4.78 is 51.5. The second kappa shape index (κ2) is 7.51. The number of thioether (sulfide) groups is 1. The van der Waals surface area contributed by atoms with Crippen molar-refractivity contribution in [3.8, 4) is 11.4 Å². The molecule has 27 heavy (non-hydrogen) atoms. The molecule has 1 N–H and O–H groups in total. The normalized spacial score (nSPS) is 12.1. The maximum absolute atomic E-state index is 13.4. The van der Waals surface area contributed by atoms with Gasteiger partial charge in [0.05, 0.1) is 5.02 Å². The maximum Gasteiger partial charge on any atom is 0.389 e. The van der Waals surface area contributed by atoms with Gasteiger partial charge < -0.3 is 4.57 Å². The number of imidazole rings is 1. The monoisotopic (exact) mass is 420 g/mol. The lowest BCUT2D eigenvalue weighted by atomic mass is 10.2. The van der Waals surface area contributed by atoms with Gasteiger partial charge in [-0.2, -0.15) is 13.2 Å². The van der Waals surface area contributed by atoms with Crippen molar-refractivity contribution in [2.75, 3.05) is 5.75 Å². The third kappa shape index (κ3) is 4.44. The number of H-pyrrole nitrogens is 1. The predicted octanol–water partition coefficient (Wildman–Crippen LogP) is 4.55. The largest absolute Gasteiger partial charge is 0.389 e. The average Bonchev–Trinajstić information content (AvgIpc) is 2.91. The van der Waals surface area contributed by atoms with Gasteiger partial charge in [0.1, 0.15) is 11.6 Å². The van der Waals surface area contributed by atoms with E-state index in [2.05, 4.69) is 15.0 Å². The Morgan fingerprint density at radius 3 is 2.70 bits per heavy atom. The van der Waals surface area contributed by atoms with Crippen LogP contribution in [-0.4, -0.2) is 31.4 Å². The molecule has 2 heterocycles. The SMILES string of the molecule is Cn1c(-c2ccc(F)c(Cl)c2)nc2c(=O)[nH]c(SCCCC(F)(F)F)nc21. The van der Waals surface area contributed by atoms with Crippen LogP contribution in [0.15, 0.2) is 28.2 Å². The molecule has 3 aromatic rings. The zero-order chi connectivity index (χ0) is 19.8. The summed E-state index contributed by atoms with van der Waals surface area (Å²) in [4.78, 5) is 23.3. The summed E-state index contributed by atoms with van der Waals surface area (Å²) in [7, 11) is 1.63. The number of halogens is 5. The Morgan fingerprint density at radius 2 is 2.04 bits per heavy atom. The highest BCUT2D eigenvalue weighted by Crippen LogP contribution is 2.27. The van der Waals surface area contributed by atoms with E-state index < -0.39 is 24.0 Å². The fourth-order valence-electron chi connectivity index (χ4n) is 2.45. The molecular formula is C16H13ClF4N4OS. The van der Waals surface area contributed by atoms with Crippen LogP contribution in [0.4, 0.5) is 17.6 Å². The molecule has 0 aliphatic heterocycles. The van der Waals surface area contributed by atoms with Crippen LogP contribution in [0.25, 0.3) is 22.6 Å². The number of benzene rings is 1. The van der Waals surface area contributed by atoms with E-state index in [0.717, 1.165) is 11.8 Å². The van der Waals surface area contributed by atoms with E-state index in [4.69, 9.17) is 11.6 Å². The smallest absolute Gasteiger partial charge is 0.312 e. The van der Waals surface area contributed by atoms with Crippen LogP contribution >= 0.6 is 23.4 Å². The van der Waals surface area contributed by atoms with Crippen LogP contribution in [0.1, 0.15) is 12.8 Å². The average molecular weight is 421 g/mol. The van der Waals surface area contributed by atoms with Crippen LogP contribution in [0.3, 0.4) is 0 Å². The molecule has 5 nitrogen and oxygen atoms in total. The van der Waals surface area contributed by atoms with Crippen molar-refractivity contribution in [3.63, 3.8) is 0 Å². The number of nitrogens with one attached hydrogen (secondary N) is 1. The van der Waals surface area contributed by atoms with Gasteiger partial charge in [-0.1, -0.05) is 23.4 Å². The molecule has 0 aliphatic rings. The Kier molecular flexibility index (Phi) is 5.48. The molecule has 0 bridgehead atoms. The lowest BCUT2D eigenvalue weighted by molar-refractivity contribution is -0.134. The van der Waals surface area contributed by atoms with Gasteiger partial charge in [0.15, 0.2) is 16.3 Å². The predicted molar refractivity (Wildman–Crippen MR) is 95.5 cm³/mol. The van der Waals surface area contributed by atoms with Gasteiger partial charge in [0.2, 0.25) is 0 Å². The molecule has 11 heteroatoms. The summed E-state index contributed by atoms with van der Waals surface area (Å²) in [5, 5.41) is 0.128. The number of alkyl halides is 3. The van der Waals surface area contributed by atoms with E-state index in [1.807, 2.05) is 0 Å². The van der Waals surface area contributed by atoms with Gasteiger partial charge in [-0.25, -0.2) is 14.4 Å². The van der Waals surface area contributed by atoms with Gasteiger partial charge in [-0.05, 0) is 24.6 Å². The van der Waals surface area contributed by atoms with Crippen molar-refractivity contribution in [1.82, 2.24) is 19.5 Å². The number of nitrogens with zero attached hydrogens (tertiary/aromatic N) is 3. The minimum atomic E-state index is -4.21. The van der Waals surface area contributed by atoms with E-state index in [-0.39, 0.29) is 33.5 Å². The summed E-state index contributed by atoms with van der Waals surface area (Å²) in [6, 6.07) is 4.05. The molecule has 0 saturated carbocycles. The first-order valence-electron chi connectivity index (χ1n) is 7.77. The number of aromatic nitrogens is 4. The van der Waals surface area contributed by atoms with Crippen molar-refractivity contribution in [2.24, 2.45) is 7.05 Å². The zero-order valence-electron chi connectivity index (χ0n) is 13.9. The third-order valence-electron chi connectivity index (χ3n) is 3.73. The van der Waals surface area contributed by atoms with E-state index >= 15 is 0 Å². The van der Waals surface area contributed by atoms with Crippen LogP contribution in [0, 0.1) is 5.82 Å². The molecule has 3 rings (SSSR count). The molecule has 0 spiro atoms. The molecule has 0 unspecified atom stereocenters. The number of aryl methyl sites for hydroxylation is 1. The standard InChI is InChI=1S/C16H13ClF4N4OS/c1-25-12(8-3-4-10(18)9(17)7-8)22-11-13(25)23-15(24-14(11)26)27-6-2-5-16(19,20)21/h3-4,7H,2,5-6H2,1H3,(H,23,24,26). The summed E-state index contributed by atoms with van der Waals surface area (Å²) in [5.74, 6) is -0.0523. The van der Waals surface area contributed by atoms with Crippen LogP contribution in [0.5, 0.6) is 0 Å². The summed E-state index contributed by atoms with van der Waals surface area (Å²) in [6.07, 6.45) is -5.19. The van der Waals surface area contributed by atoms with Gasteiger partial charge in [-0.3, -0.25) is 9.78 Å². The highest BCUT2D eigenvalue weighted by Gasteiger charge is 2.26. The van der Waals surface area contributed by atoms with Crippen molar-refractivity contribution in [2.45, 2.75) is 24.2 Å². The van der Waals surface area contributed by atoms with Crippen LogP contribution < -0.4 is 5.56 Å². The zero-order valence-corrected chi connectivity index (χ0v) is 15.5. The quantitative estimate of drug-likeness (QED) is 0.284. The molecule has 0 atom stereocenters. The van der Waals surface area contributed by atoms with Gasteiger partial charge in [0.25, 0.3) is 5.56 Å². The third-order valence-corrected chi connectivity index (χ3v) is 4.98. The Labute approximate surface area is 159 Å². The van der Waals surface area contributed by atoms with E-state index in [1.54, 1.807) is 11.6 Å². The second-order valence-corrected chi connectivity index (χ2v) is 7.22. The first kappa shape index (κ1) is 19.7. The molecule has 2 aromatic heterocycles. The lowest BCUT2D eigenvalue weighted by Crippen LogP contribution is -2.10. The van der Waals surface area contributed by atoms with Crippen molar-refractivity contribution < 1.29 is 17.6 Å². The lowest BCUT2D eigenvalue weighted by Gasteiger charge is -2.05. The summed E-state index contributed by atoms with van der Waals surface area (Å²) in [6.45, 7) is 0. The van der Waals surface area contributed by atoms with Crippen LogP contribution in [-0.2, 0) is 7.05 Å².